The van der Waals surface area contributed by atoms with Gasteiger partial charge in [0.1, 0.15) is 5.76 Å². The SMILES string of the molecule is NC(=O)c1ccccc1NCC(=O)NCc1ccco1. The maximum Gasteiger partial charge on any atom is 0.250 e. The summed E-state index contributed by atoms with van der Waals surface area (Å²) in [6.45, 7) is 0.371. The number of carbonyl (C=O) groups excluding carboxylic acids is 2. The molecule has 0 radical (unpaired) electrons. The molecule has 0 spiro atoms. The van der Waals surface area contributed by atoms with Gasteiger partial charge in [0.15, 0.2) is 0 Å². The van der Waals surface area contributed by atoms with Crippen LogP contribution in [0.25, 0.3) is 0 Å². The Balaban J connectivity index is 1.85. The van der Waals surface area contributed by atoms with Crippen LogP contribution in [0, 0.1) is 0 Å². The Hall–Kier alpha value is -2.76. The van der Waals surface area contributed by atoms with E-state index in [0.717, 1.165) is 0 Å². The van der Waals surface area contributed by atoms with Crippen molar-refractivity contribution in [2.45, 2.75) is 6.54 Å². The highest BCUT2D eigenvalue weighted by atomic mass is 16.3. The van der Waals surface area contributed by atoms with Crippen molar-refractivity contribution in [1.29, 1.82) is 0 Å². The van der Waals surface area contributed by atoms with Crippen molar-refractivity contribution < 1.29 is 14.0 Å². The average Bonchev–Trinajstić information content (AvgIpc) is 2.96. The van der Waals surface area contributed by atoms with Crippen LogP contribution in [-0.4, -0.2) is 18.4 Å². The summed E-state index contributed by atoms with van der Waals surface area (Å²) in [5.41, 5.74) is 6.14. The second kappa shape index (κ2) is 6.42. The standard InChI is InChI=1S/C14H15N3O3/c15-14(19)11-5-1-2-6-12(11)16-9-13(18)17-8-10-4-3-7-20-10/h1-7,16H,8-9H2,(H2,15,19)(H,17,18). The van der Waals surface area contributed by atoms with Gasteiger partial charge in [-0.05, 0) is 24.3 Å². The summed E-state index contributed by atoms with van der Waals surface area (Å²) in [5.74, 6) is -0.0688. The Morgan fingerprint density at radius 1 is 1.15 bits per heavy atom. The first-order valence-corrected chi connectivity index (χ1v) is 6.08. The van der Waals surface area contributed by atoms with Gasteiger partial charge in [-0.2, -0.15) is 0 Å². The van der Waals surface area contributed by atoms with Crippen LogP contribution in [0.3, 0.4) is 0 Å². The lowest BCUT2D eigenvalue weighted by Crippen LogP contribution is -2.29. The van der Waals surface area contributed by atoms with Crippen LogP contribution in [0.5, 0.6) is 0 Å². The van der Waals surface area contributed by atoms with Crippen LogP contribution in [0.2, 0.25) is 0 Å². The summed E-state index contributed by atoms with van der Waals surface area (Å²) in [5, 5.41) is 5.57. The quantitative estimate of drug-likeness (QED) is 0.734. The van der Waals surface area contributed by atoms with Crippen molar-refractivity contribution >= 4 is 17.5 Å². The minimum atomic E-state index is -0.538. The fourth-order valence-electron chi connectivity index (χ4n) is 1.69. The van der Waals surface area contributed by atoms with Gasteiger partial charge in [-0.15, -0.1) is 0 Å². The van der Waals surface area contributed by atoms with E-state index in [1.165, 1.54) is 0 Å². The number of primary amides is 1. The molecule has 1 aromatic heterocycles. The number of amides is 2. The van der Waals surface area contributed by atoms with Crippen LogP contribution >= 0.6 is 0 Å². The minimum Gasteiger partial charge on any atom is -0.467 e. The van der Waals surface area contributed by atoms with Gasteiger partial charge in [0.2, 0.25) is 5.91 Å². The molecule has 0 aliphatic rings. The number of para-hydroxylation sites is 1. The smallest absolute Gasteiger partial charge is 0.250 e. The van der Waals surface area contributed by atoms with E-state index in [9.17, 15) is 9.59 Å². The van der Waals surface area contributed by atoms with Gasteiger partial charge in [-0.1, -0.05) is 12.1 Å². The highest BCUT2D eigenvalue weighted by Crippen LogP contribution is 2.13. The van der Waals surface area contributed by atoms with Gasteiger partial charge >= 0.3 is 0 Å². The van der Waals surface area contributed by atoms with E-state index in [1.54, 1.807) is 42.7 Å². The lowest BCUT2D eigenvalue weighted by Gasteiger charge is -2.09. The van der Waals surface area contributed by atoms with Crippen LogP contribution < -0.4 is 16.4 Å². The molecule has 20 heavy (non-hydrogen) atoms. The molecule has 1 heterocycles. The Morgan fingerprint density at radius 2 is 1.95 bits per heavy atom. The van der Waals surface area contributed by atoms with Gasteiger partial charge < -0.3 is 20.8 Å². The van der Waals surface area contributed by atoms with Crippen LogP contribution in [0.1, 0.15) is 16.1 Å². The second-order valence-corrected chi connectivity index (χ2v) is 4.12. The minimum absolute atomic E-state index is 0.0466. The van der Waals surface area contributed by atoms with Gasteiger partial charge in [-0.25, -0.2) is 0 Å². The number of nitrogens with one attached hydrogen (secondary N) is 2. The third kappa shape index (κ3) is 3.61. The summed E-state index contributed by atoms with van der Waals surface area (Å²) in [6.07, 6.45) is 1.54. The molecular formula is C14H15N3O3. The Kier molecular flexibility index (Phi) is 4.39. The van der Waals surface area contributed by atoms with Crippen LogP contribution in [-0.2, 0) is 11.3 Å². The van der Waals surface area contributed by atoms with Crippen molar-refractivity contribution in [3.8, 4) is 0 Å². The second-order valence-electron chi connectivity index (χ2n) is 4.12. The molecule has 2 aromatic rings. The maximum atomic E-state index is 11.7. The molecule has 0 saturated carbocycles. The molecule has 0 bridgehead atoms. The van der Waals surface area contributed by atoms with Crippen molar-refractivity contribution in [2.75, 3.05) is 11.9 Å². The topological polar surface area (TPSA) is 97.4 Å². The molecule has 0 aliphatic heterocycles. The Bertz CT molecular complexity index is 593. The number of hydrogen-bond donors (Lipinski definition) is 3. The number of anilines is 1. The van der Waals surface area contributed by atoms with Crippen molar-refractivity contribution in [1.82, 2.24) is 5.32 Å². The zero-order chi connectivity index (χ0) is 14.4. The first-order valence-electron chi connectivity index (χ1n) is 6.08. The number of nitrogens with two attached hydrogens (primary N) is 1. The van der Waals surface area contributed by atoms with Gasteiger partial charge in [-0.3, -0.25) is 9.59 Å². The van der Waals surface area contributed by atoms with Gasteiger partial charge in [0.25, 0.3) is 5.91 Å². The van der Waals surface area contributed by atoms with E-state index in [1.807, 2.05) is 0 Å². The number of rotatable bonds is 6. The predicted octanol–water partition coefficient (Wildman–Crippen LogP) is 1.11. The molecule has 0 unspecified atom stereocenters. The normalized spacial score (nSPS) is 10.0. The molecular weight excluding hydrogens is 258 g/mol. The monoisotopic (exact) mass is 273 g/mol. The fourth-order valence-corrected chi connectivity index (χ4v) is 1.69. The fraction of sp³-hybridized carbons (Fsp3) is 0.143. The van der Waals surface area contributed by atoms with E-state index in [-0.39, 0.29) is 12.5 Å². The third-order valence-electron chi connectivity index (χ3n) is 2.67. The third-order valence-corrected chi connectivity index (χ3v) is 2.67. The molecule has 0 atom stereocenters. The molecule has 4 N–H and O–H groups in total. The molecule has 1 aromatic carbocycles. The first kappa shape index (κ1) is 13.7. The summed E-state index contributed by atoms with van der Waals surface area (Å²) in [7, 11) is 0. The summed E-state index contributed by atoms with van der Waals surface area (Å²) in [4.78, 5) is 22.9. The molecule has 2 rings (SSSR count). The summed E-state index contributed by atoms with van der Waals surface area (Å²) >= 11 is 0. The lowest BCUT2D eigenvalue weighted by atomic mass is 10.1. The van der Waals surface area contributed by atoms with Crippen molar-refractivity contribution in [3.05, 3.63) is 54.0 Å². The van der Waals surface area contributed by atoms with Crippen LogP contribution in [0.4, 0.5) is 5.69 Å². The first-order chi connectivity index (χ1) is 9.66. The van der Waals surface area contributed by atoms with E-state index in [2.05, 4.69) is 10.6 Å². The van der Waals surface area contributed by atoms with E-state index < -0.39 is 5.91 Å². The molecule has 6 nitrogen and oxygen atoms in total. The summed E-state index contributed by atoms with van der Waals surface area (Å²) < 4.78 is 5.10. The number of benzene rings is 1. The van der Waals surface area contributed by atoms with E-state index >= 15 is 0 Å². The highest BCUT2D eigenvalue weighted by Gasteiger charge is 2.08. The van der Waals surface area contributed by atoms with Gasteiger partial charge in [0, 0.05) is 5.69 Å². The maximum absolute atomic E-state index is 11.7. The highest BCUT2D eigenvalue weighted by molar-refractivity contribution is 5.98. The predicted molar refractivity (Wildman–Crippen MR) is 74.0 cm³/mol. The Labute approximate surface area is 116 Å². The zero-order valence-electron chi connectivity index (χ0n) is 10.8. The van der Waals surface area contributed by atoms with Gasteiger partial charge in [0.05, 0.1) is 24.9 Å². The number of hydrogen-bond acceptors (Lipinski definition) is 4. The van der Waals surface area contributed by atoms with Crippen molar-refractivity contribution in [3.63, 3.8) is 0 Å². The van der Waals surface area contributed by atoms with E-state index in [4.69, 9.17) is 10.2 Å². The van der Waals surface area contributed by atoms with Crippen molar-refractivity contribution in [2.24, 2.45) is 5.73 Å². The largest absolute Gasteiger partial charge is 0.467 e. The molecule has 2 amide bonds. The molecule has 104 valence electrons. The lowest BCUT2D eigenvalue weighted by molar-refractivity contribution is -0.119. The zero-order valence-corrected chi connectivity index (χ0v) is 10.8. The average molecular weight is 273 g/mol. The molecule has 0 aliphatic carbocycles. The summed E-state index contributed by atoms with van der Waals surface area (Å²) in [6, 6.07) is 10.3. The molecule has 0 fully saturated rings. The number of furan rings is 1. The Morgan fingerprint density at radius 3 is 2.65 bits per heavy atom. The molecule has 0 saturated heterocycles. The van der Waals surface area contributed by atoms with E-state index in [0.29, 0.717) is 23.6 Å². The molecule has 6 heteroatoms. The number of carbonyl (C=O) groups is 2. The van der Waals surface area contributed by atoms with Crippen LogP contribution in [0.15, 0.2) is 47.1 Å².